The molecule has 134 valence electrons. The lowest BCUT2D eigenvalue weighted by Gasteiger charge is -2.35. The van der Waals surface area contributed by atoms with E-state index in [4.69, 9.17) is 9.47 Å². The average Bonchev–Trinajstić information content (AvgIpc) is 2.64. The third kappa shape index (κ3) is 4.63. The molecule has 0 unspecified atom stereocenters. The minimum absolute atomic E-state index is 0.114. The third-order valence-electron chi connectivity index (χ3n) is 4.78. The fourth-order valence-corrected chi connectivity index (χ4v) is 3.46. The molecule has 5 heteroatoms. The molecule has 1 heterocycles. The van der Waals surface area contributed by atoms with Gasteiger partial charge in [0, 0.05) is 19.1 Å². The minimum Gasteiger partial charge on any atom is -0.493 e. The van der Waals surface area contributed by atoms with Gasteiger partial charge >= 0.3 is 0 Å². The van der Waals surface area contributed by atoms with E-state index < -0.39 is 0 Å². The van der Waals surface area contributed by atoms with Crippen molar-refractivity contribution in [3.8, 4) is 11.5 Å². The lowest BCUT2D eigenvalue weighted by Crippen LogP contribution is -2.40. The van der Waals surface area contributed by atoms with Crippen LogP contribution in [0.4, 0.5) is 0 Å². The molecule has 1 atom stereocenters. The Balaban J connectivity index is 1.83. The van der Waals surface area contributed by atoms with Crippen molar-refractivity contribution >= 4 is 5.91 Å². The number of nitrogens with one attached hydrogen (secondary N) is 1. The first-order valence-electron chi connectivity index (χ1n) is 8.94. The summed E-state index contributed by atoms with van der Waals surface area (Å²) in [6, 6.07) is 6.06. The van der Waals surface area contributed by atoms with E-state index in [9.17, 15) is 4.79 Å². The molecule has 1 aromatic rings. The Morgan fingerprint density at radius 3 is 2.83 bits per heavy atom. The summed E-state index contributed by atoms with van der Waals surface area (Å²) in [6.07, 6.45) is 6.14. The van der Waals surface area contributed by atoms with Crippen LogP contribution in [0.1, 0.15) is 49.4 Å². The maximum Gasteiger partial charge on any atom is 0.255 e. The van der Waals surface area contributed by atoms with Crippen molar-refractivity contribution < 1.29 is 14.3 Å². The van der Waals surface area contributed by atoms with E-state index in [-0.39, 0.29) is 5.91 Å². The second-order valence-corrected chi connectivity index (χ2v) is 6.24. The molecule has 5 nitrogen and oxygen atoms in total. The number of hydrogen-bond donors (Lipinski definition) is 1. The van der Waals surface area contributed by atoms with Gasteiger partial charge < -0.3 is 19.7 Å². The van der Waals surface area contributed by atoms with E-state index in [0.717, 1.165) is 13.0 Å². The van der Waals surface area contributed by atoms with Crippen LogP contribution in [-0.4, -0.2) is 50.7 Å². The second kappa shape index (κ2) is 9.52. The largest absolute Gasteiger partial charge is 0.493 e. The minimum atomic E-state index is -0.114. The quantitative estimate of drug-likeness (QED) is 0.742. The van der Waals surface area contributed by atoms with Crippen LogP contribution in [0.25, 0.3) is 0 Å². The smallest absolute Gasteiger partial charge is 0.255 e. The molecule has 1 aliphatic rings. The second-order valence-electron chi connectivity index (χ2n) is 6.24. The molecule has 0 aliphatic carbocycles. The van der Waals surface area contributed by atoms with Gasteiger partial charge in [-0.1, -0.05) is 19.4 Å². The van der Waals surface area contributed by atoms with Crippen molar-refractivity contribution in [3.63, 3.8) is 0 Å². The zero-order valence-electron chi connectivity index (χ0n) is 15.1. The van der Waals surface area contributed by atoms with Gasteiger partial charge in [-0.05, 0) is 44.4 Å². The molecule has 0 bridgehead atoms. The van der Waals surface area contributed by atoms with Crippen molar-refractivity contribution in [3.05, 3.63) is 23.8 Å². The van der Waals surface area contributed by atoms with Crippen molar-refractivity contribution in [2.45, 2.75) is 45.1 Å². The number of benzene rings is 1. The Labute approximate surface area is 145 Å². The first kappa shape index (κ1) is 18.6. The zero-order chi connectivity index (χ0) is 17.4. The van der Waals surface area contributed by atoms with E-state index in [0.29, 0.717) is 29.6 Å². The third-order valence-corrected chi connectivity index (χ3v) is 4.78. The molecule has 1 fully saturated rings. The van der Waals surface area contributed by atoms with Gasteiger partial charge in [0.05, 0.1) is 19.8 Å². The van der Waals surface area contributed by atoms with Crippen molar-refractivity contribution in [1.82, 2.24) is 10.2 Å². The van der Waals surface area contributed by atoms with Crippen LogP contribution in [0.15, 0.2) is 18.2 Å². The maximum absolute atomic E-state index is 12.4. The van der Waals surface area contributed by atoms with Gasteiger partial charge in [-0.3, -0.25) is 4.79 Å². The molecule has 1 amide bonds. The van der Waals surface area contributed by atoms with E-state index >= 15 is 0 Å². The maximum atomic E-state index is 12.4. The number of para-hydroxylation sites is 1. The van der Waals surface area contributed by atoms with E-state index in [1.807, 2.05) is 0 Å². The number of likely N-dealkylation sites (tertiary alicyclic amines) is 1. The molecular weight excluding hydrogens is 304 g/mol. The van der Waals surface area contributed by atoms with E-state index in [2.05, 4.69) is 17.1 Å². The van der Waals surface area contributed by atoms with E-state index in [1.54, 1.807) is 32.4 Å². The molecule has 0 saturated carbocycles. The molecule has 1 saturated heterocycles. The van der Waals surface area contributed by atoms with Crippen LogP contribution < -0.4 is 14.8 Å². The summed E-state index contributed by atoms with van der Waals surface area (Å²) in [5, 5.41) is 3.00. The average molecular weight is 334 g/mol. The molecule has 1 N–H and O–H groups in total. The summed E-state index contributed by atoms with van der Waals surface area (Å²) in [4.78, 5) is 15.0. The first-order valence-corrected chi connectivity index (χ1v) is 8.94. The highest BCUT2D eigenvalue weighted by molar-refractivity contribution is 5.97. The summed E-state index contributed by atoms with van der Waals surface area (Å²) in [6.45, 7) is 5.18. The van der Waals surface area contributed by atoms with Crippen molar-refractivity contribution in [2.75, 3.05) is 33.9 Å². The van der Waals surface area contributed by atoms with Gasteiger partial charge in [-0.15, -0.1) is 0 Å². The Hall–Kier alpha value is -1.75. The SMILES string of the molecule is CC[C@@H]1CCCCN1CCCNC(=O)c1cccc(OC)c1OC. The summed E-state index contributed by atoms with van der Waals surface area (Å²) < 4.78 is 10.6. The van der Waals surface area contributed by atoms with Crippen LogP contribution >= 0.6 is 0 Å². The number of nitrogens with zero attached hydrogens (tertiary/aromatic N) is 1. The highest BCUT2D eigenvalue weighted by Gasteiger charge is 2.20. The molecule has 0 aromatic heterocycles. The predicted molar refractivity (Wildman–Crippen MR) is 96.0 cm³/mol. The summed E-state index contributed by atoms with van der Waals surface area (Å²) >= 11 is 0. The standard InChI is InChI=1S/C19H30N2O3/c1-4-15-9-5-6-13-21(15)14-8-12-20-19(22)16-10-7-11-17(23-2)18(16)24-3/h7,10-11,15H,4-6,8-9,12-14H2,1-3H3,(H,20,22)/t15-/m1/s1. The van der Waals surface area contributed by atoms with Crippen LogP contribution in [0.2, 0.25) is 0 Å². The topological polar surface area (TPSA) is 50.8 Å². The highest BCUT2D eigenvalue weighted by Crippen LogP contribution is 2.30. The van der Waals surface area contributed by atoms with Gasteiger partial charge in [0.15, 0.2) is 11.5 Å². The molecule has 24 heavy (non-hydrogen) atoms. The number of carbonyl (C=O) groups is 1. The van der Waals surface area contributed by atoms with Gasteiger partial charge in [-0.25, -0.2) is 0 Å². The van der Waals surface area contributed by atoms with Crippen molar-refractivity contribution in [1.29, 1.82) is 0 Å². The van der Waals surface area contributed by atoms with Crippen LogP contribution in [-0.2, 0) is 0 Å². The molecule has 2 rings (SSSR count). The van der Waals surface area contributed by atoms with Gasteiger partial charge in [0.1, 0.15) is 0 Å². The van der Waals surface area contributed by atoms with Gasteiger partial charge in [-0.2, -0.15) is 0 Å². The highest BCUT2D eigenvalue weighted by atomic mass is 16.5. The lowest BCUT2D eigenvalue weighted by atomic mass is 10.00. The number of amides is 1. The number of hydrogen-bond acceptors (Lipinski definition) is 4. The number of carbonyl (C=O) groups excluding carboxylic acids is 1. The Morgan fingerprint density at radius 2 is 2.12 bits per heavy atom. The van der Waals surface area contributed by atoms with Gasteiger partial charge in [0.2, 0.25) is 0 Å². The van der Waals surface area contributed by atoms with Gasteiger partial charge in [0.25, 0.3) is 5.91 Å². The van der Waals surface area contributed by atoms with Crippen LogP contribution in [0.5, 0.6) is 11.5 Å². The normalized spacial score (nSPS) is 18.2. The Morgan fingerprint density at radius 1 is 1.29 bits per heavy atom. The molecule has 1 aliphatic heterocycles. The molecule has 0 radical (unpaired) electrons. The fourth-order valence-electron chi connectivity index (χ4n) is 3.46. The van der Waals surface area contributed by atoms with E-state index in [1.165, 1.54) is 32.2 Å². The predicted octanol–water partition coefficient (Wildman–Crippen LogP) is 3.09. The monoisotopic (exact) mass is 334 g/mol. The Kier molecular flexibility index (Phi) is 7.37. The zero-order valence-corrected chi connectivity index (χ0v) is 15.1. The number of ether oxygens (including phenoxy) is 2. The summed E-state index contributed by atoms with van der Waals surface area (Å²) in [5.41, 5.74) is 0.515. The summed E-state index contributed by atoms with van der Waals surface area (Å²) in [7, 11) is 3.12. The number of rotatable bonds is 8. The lowest BCUT2D eigenvalue weighted by molar-refractivity contribution is 0.0943. The Bertz CT molecular complexity index is 533. The summed E-state index contributed by atoms with van der Waals surface area (Å²) in [5.74, 6) is 0.945. The number of piperidine rings is 1. The first-order chi connectivity index (χ1) is 11.7. The molecule has 1 aromatic carbocycles. The molecule has 0 spiro atoms. The van der Waals surface area contributed by atoms with Crippen LogP contribution in [0, 0.1) is 0 Å². The fraction of sp³-hybridized carbons (Fsp3) is 0.632. The molecular formula is C19H30N2O3. The van der Waals surface area contributed by atoms with Crippen molar-refractivity contribution in [2.24, 2.45) is 0 Å². The van der Waals surface area contributed by atoms with Crippen LogP contribution in [0.3, 0.4) is 0 Å². The number of methoxy groups -OCH3 is 2.